The van der Waals surface area contributed by atoms with Gasteiger partial charge in [-0.1, -0.05) is 6.92 Å². The van der Waals surface area contributed by atoms with Gasteiger partial charge < -0.3 is 25.6 Å². The zero-order chi connectivity index (χ0) is 20.2. The van der Waals surface area contributed by atoms with Crippen LogP contribution in [0.5, 0.6) is 0 Å². The number of pyridine rings is 1. The van der Waals surface area contributed by atoms with Crippen LogP contribution in [0.4, 0.5) is 5.69 Å². The Morgan fingerprint density at radius 1 is 1.41 bits per heavy atom. The Balaban J connectivity index is 1.53. The van der Waals surface area contributed by atoms with E-state index in [4.69, 9.17) is 10.2 Å². The number of nitrogens with two attached hydrogens (primary N) is 1. The molecule has 0 aromatic carbocycles. The van der Waals surface area contributed by atoms with Crippen LogP contribution in [0.25, 0.3) is 22.5 Å². The number of hydrogen-bond acceptors (Lipinski definition) is 7. The van der Waals surface area contributed by atoms with E-state index >= 15 is 0 Å². The summed E-state index contributed by atoms with van der Waals surface area (Å²) in [6, 6.07) is 2.16. The number of hydrogen-bond donors (Lipinski definition) is 4. The molecule has 0 spiro atoms. The summed E-state index contributed by atoms with van der Waals surface area (Å²) in [4.78, 5) is 18.9. The van der Waals surface area contributed by atoms with Crippen LogP contribution in [0.1, 0.15) is 49.7 Å². The first-order valence-corrected chi connectivity index (χ1v) is 10.0. The van der Waals surface area contributed by atoms with Crippen LogP contribution in [-0.2, 0) is 0 Å². The molecule has 2 saturated carbocycles. The van der Waals surface area contributed by atoms with Gasteiger partial charge in [-0.3, -0.25) is 4.79 Å². The topological polar surface area (TPSA) is 143 Å². The lowest BCUT2D eigenvalue weighted by molar-refractivity contribution is -0.0677. The van der Waals surface area contributed by atoms with Crippen molar-refractivity contribution in [1.29, 1.82) is 0 Å². The quantitative estimate of drug-likeness (QED) is 0.530. The van der Waals surface area contributed by atoms with Crippen LogP contribution >= 0.6 is 0 Å². The molecule has 2 aliphatic carbocycles. The van der Waals surface area contributed by atoms with Gasteiger partial charge in [0.15, 0.2) is 0 Å². The Labute approximate surface area is 167 Å². The van der Waals surface area contributed by atoms with Crippen molar-refractivity contribution >= 4 is 22.6 Å². The third kappa shape index (κ3) is 3.15. The molecule has 1 amide bonds. The van der Waals surface area contributed by atoms with Crippen LogP contribution in [0.15, 0.2) is 22.9 Å². The van der Waals surface area contributed by atoms with Gasteiger partial charge in [0, 0.05) is 23.8 Å². The minimum Gasteiger partial charge on any atom is -0.412 e. The van der Waals surface area contributed by atoms with Gasteiger partial charge >= 0.3 is 11.8 Å². The fraction of sp³-hybridized carbons (Fsp3) is 0.500. The Morgan fingerprint density at radius 2 is 2.28 bits per heavy atom. The van der Waals surface area contributed by atoms with E-state index in [1.165, 1.54) is 0 Å². The van der Waals surface area contributed by atoms with Crippen LogP contribution in [0.3, 0.4) is 0 Å². The average molecular weight is 396 g/mol. The highest BCUT2D eigenvalue weighted by molar-refractivity contribution is 5.97. The average Bonchev–Trinajstić information content (AvgIpc) is 3.32. The van der Waals surface area contributed by atoms with Crippen molar-refractivity contribution in [1.82, 2.24) is 20.2 Å². The maximum absolute atomic E-state index is 11.4. The minimum atomic E-state index is -0.767. The largest absolute Gasteiger partial charge is 0.412 e. The molecule has 0 saturated heterocycles. The highest BCUT2D eigenvalue weighted by atomic mass is 16.4. The molecule has 0 aliphatic heterocycles. The highest BCUT2D eigenvalue weighted by Crippen LogP contribution is 2.47. The zero-order valence-electron chi connectivity index (χ0n) is 16.2. The summed E-state index contributed by atoms with van der Waals surface area (Å²) in [6.07, 6.45) is 7.95. The lowest BCUT2D eigenvalue weighted by Gasteiger charge is -2.48. The first-order valence-electron chi connectivity index (χ1n) is 10.0. The van der Waals surface area contributed by atoms with Crippen molar-refractivity contribution in [2.24, 2.45) is 17.6 Å². The molecular formula is C20H24N6O3. The predicted molar refractivity (Wildman–Crippen MR) is 106 cm³/mol. The van der Waals surface area contributed by atoms with E-state index in [9.17, 15) is 9.90 Å². The number of carbonyl (C=O) groups excluding carboxylic acids is 1. The number of aliphatic hydroxyl groups is 1. The van der Waals surface area contributed by atoms with Gasteiger partial charge in [-0.25, -0.2) is 4.98 Å². The van der Waals surface area contributed by atoms with Gasteiger partial charge in [0.25, 0.3) is 5.89 Å². The summed E-state index contributed by atoms with van der Waals surface area (Å²) < 4.78 is 5.47. The first-order chi connectivity index (χ1) is 13.9. The summed E-state index contributed by atoms with van der Waals surface area (Å²) in [5, 5.41) is 23.2. The van der Waals surface area contributed by atoms with Gasteiger partial charge in [-0.2, -0.15) is 0 Å². The number of nitrogens with zero attached hydrogens (tertiary/aromatic N) is 3. The molecule has 2 aliphatic rings. The second-order valence-electron chi connectivity index (χ2n) is 8.59. The molecule has 5 rings (SSSR count). The second-order valence-corrected chi connectivity index (χ2v) is 8.59. The molecule has 2 fully saturated rings. The highest BCUT2D eigenvalue weighted by Gasteiger charge is 2.44. The Bertz CT molecular complexity index is 1080. The summed E-state index contributed by atoms with van der Waals surface area (Å²) in [7, 11) is 0. The zero-order valence-corrected chi connectivity index (χ0v) is 16.2. The van der Waals surface area contributed by atoms with Crippen molar-refractivity contribution in [2.75, 3.05) is 5.32 Å². The first kappa shape index (κ1) is 18.1. The smallest absolute Gasteiger partial charge is 0.306 e. The third-order valence-corrected chi connectivity index (χ3v) is 6.35. The lowest BCUT2D eigenvalue weighted by atomic mass is 9.64. The molecule has 3 aromatic rings. The van der Waals surface area contributed by atoms with Crippen molar-refractivity contribution in [3.05, 3.63) is 24.4 Å². The summed E-state index contributed by atoms with van der Waals surface area (Å²) in [5.74, 6) is 0.0832. The normalized spacial score (nSPS) is 29.1. The van der Waals surface area contributed by atoms with Crippen LogP contribution in [0.2, 0.25) is 0 Å². The van der Waals surface area contributed by atoms with E-state index in [1.54, 1.807) is 6.20 Å². The summed E-state index contributed by atoms with van der Waals surface area (Å²) >= 11 is 0. The van der Waals surface area contributed by atoms with Crippen molar-refractivity contribution in [2.45, 2.75) is 50.7 Å². The molecule has 152 valence electrons. The van der Waals surface area contributed by atoms with E-state index in [-0.39, 0.29) is 17.8 Å². The van der Waals surface area contributed by atoms with Crippen molar-refractivity contribution < 1.29 is 14.3 Å². The fourth-order valence-electron chi connectivity index (χ4n) is 5.21. The predicted octanol–water partition coefficient (Wildman–Crippen LogP) is 2.45. The maximum Gasteiger partial charge on any atom is 0.306 e. The Kier molecular flexibility index (Phi) is 4.09. The van der Waals surface area contributed by atoms with Crippen molar-refractivity contribution in [3.63, 3.8) is 0 Å². The van der Waals surface area contributed by atoms with Crippen LogP contribution in [-0.4, -0.2) is 42.8 Å². The standard InChI is InChI=1S/C20H24N6O3/c1-10-6-11-8-20(28,7-10)4-2-14(11)24-15-12-3-5-22-17(12)23-9-13(15)18-25-26-19(29-18)16(21)27/h3,5,9-11,14,28H,2,4,6-8H2,1H3,(H2,21,27)(H2,22,23,24)/t10?,11-,14-,20-/m0/s1. The minimum absolute atomic E-state index is 0.196. The maximum atomic E-state index is 11.4. The number of aromatic amines is 1. The number of H-pyrrole nitrogens is 1. The molecule has 1 unspecified atom stereocenters. The van der Waals surface area contributed by atoms with Crippen LogP contribution < -0.4 is 11.1 Å². The van der Waals surface area contributed by atoms with E-state index in [0.717, 1.165) is 48.8 Å². The van der Waals surface area contributed by atoms with E-state index in [2.05, 4.69) is 32.4 Å². The lowest BCUT2D eigenvalue weighted by Crippen LogP contribution is -2.49. The Hall–Kier alpha value is -2.94. The van der Waals surface area contributed by atoms with Gasteiger partial charge in [0.05, 0.1) is 16.9 Å². The number of carbonyl (C=O) groups is 1. The molecule has 2 bridgehead atoms. The van der Waals surface area contributed by atoms with Gasteiger partial charge in [-0.15, -0.1) is 10.2 Å². The molecule has 0 radical (unpaired) electrons. The molecule has 9 heteroatoms. The molecule has 29 heavy (non-hydrogen) atoms. The number of fused-ring (bicyclic) bond motifs is 3. The summed E-state index contributed by atoms with van der Waals surface area (Å²) in [6.45, 7) is 2.21. The number of primary amides is 1. The van der Waals surface area contributed by atoms with Gasteiger partial charge in [0.1, 0.15) is 5.65 Å². The summed E-state index contributed by atoms with van der Waals surface area (Å²) in [5.41, 5.74) is 6.93. The number of aromatic nitrogens is 4. The second kappa shape index (κ2) is 6.55. The molecule has 5 N–H and O–H groups in total. The van der Waals surface area contributed by atoms with Crippen LogP contribution in [0, 0.1) is 11.8 Å². The molecule has 3 aromatic heterocycles. The van der Waals surface area contributed by atoms with E-state index in [1.807, 2.05) is 12.3 Å². The number of amides is 1. The number of nitrogens with one attached hydrogen (secondary N) is 2. The fourth-order valence-corrected chi connectivity index (χ4v) is 5.21. The number of anilines is 1. The van der Waals surface area contributed by atoms with Gasteiger partial charge in [-0.05, 0) is 50.0 Å². The van der Waals surface area contributed by atoms with E-state index < -0.39 is 11.5 Å². The van der Waals surface area contributed by atoms with Gasteiger partial charge in [0.2, 0.25) is 0 Å². The third-order valence-electron chi connectivity index (χ3n) is 6.35. The molecule has 9 nitrogen and oxygen atoms in total. The Morgan fingerprint density at radius 3 is 3.07 bits per heavy atom. The molecular weight excluding hydrogens is 372 g/mol. The monoisotopic (exact) mass is 396 g/mol. The van der Waals surface area contributed by atoms with E-state index in [0.29, 0.717) is 17.4 Å². The number of rotatable bonds is 4. The molecule has 4 atom stereocenters. The molecule has 3 heterocycles. The van der Waals surface area contributed by atoms with Crippen molar-refractivity contribution in [3.8, 4) is 11.5 Å². The SMILES string of the molecule is CC1C[C@H]2C[C@](O)(CC[C@@H]2Nc2c(-c3nnc(C(N)=O)o3)cnc3[nH]ccc23)C1.